The van der Waals surface area contributed by atoms with Crippen molar-refractivity contribution in [3.8, 4) is 33.6 Å². The lowest BCUT2D eigenvalue weighted by Crippen LogP contribution is -2.51. The van der Waals surface area contributed by atoms with Crippen molar-refractivity contribution in [1.29, 1.82) is 0 Å². The van der Waals surface area contributed by atoms with Crippen LogP contribution in [-0.2, 0) is 19.1 Å². The van der Waals surface area contributed by atoms with Gasteiger partial charge in [-0.2, -0.15) is 11.8 Å². The van der Waals surface area contributed by atoms with Crippen LogP contribution in [0.15, 0.2) is 54.7 Å². The maximum Gasteiger partial charge on any atom is 0.407 e. The van der Waals surface area contributed by atoms with Crippen LogP contribution < -0.4 is 10.6 Å². The molecule has 2 aromatic carbocycles. The van der Waals surface area contributed by atoms with Gasteiger partial charge in [0.25, 0.3) is 0 Å². The number of methoxy groups -OCH3 is 2. The van der Waals surface area contributed by atoms with Gasteiger partial charge in [-0.25, -0.2) is 19.6 Å². The minimum absolute atomic E-state index is 0.127. The number of amides is 4. The number of benzene rings is 2. The second-order valence-electron chi connectivity index (χ2n) is 15.1. The Morgan fingerprint density at radius 1 is 0.789 bits per heavy atom. The van der Waals surface area contributed by atoms with Crippen LogP contribution in [-0.4, -0.2) is 105 Å². The number of nitrogens with one attached hydrogen (secondary N) is 4. The van der Waals surface area contributed by atoms with Crippen molar-refractivity contribution >= 4 is 47.4 Å². The third kappa shape index (κ3) is 9.09. The lowest BCUT2D eigenvalue weighted by Gasteiger charge is -2.30. The summed E-state index contributed by atoms with van der Waals surface area (Å²) in [6.45, 7) is 8.67. The van der Waals surface area contributed by atoms with E-state index in [1.54, 1.807) is 22.9 Å². The molecule has 5 atom stereocenters. The Bertz CT molecular complexity index is 2050. The van der Waals surface area contributed by atoms with E-state index in [9.17, 15) is 19.2 Å². The van der Waals surface area contributed by atoms with Crippen molar-refractivity contribution in [2.24, 2.45) is 11.8 Å². The first-order valence-corrected chi connectivity index (χ1v) is 20.8. The number of hydrogen-bond acceptors (Lipinski definition) is 9. The van der Waals surface area contributed by atoms with Crippen LogP contribution in [0.3, 0.4) is 0 Å². The fraction of sp³-hybridized carbons (Fsp3) is 0.463. The predicted molar refractivity (Wildman–Crippen MR) is 220 cm³/mol. The molecule has 5 unspecified atom stereocenters. The smallest absolute Gasteiger partial charge is 0.407 e. The summed E-state index contributed by atoms with van der Waals surface area (Å²) in [5.41, 5.74) is 5.26. The van der Waals surface area contributed by atoms with E-state index in [-0.39, 0.29) is 41.0 Å². The molecule has 0 spiro atoms. The third-order valence-electron chi connectivity index (χ3n) is 10.8. The van der Waals surface area contributed by atoms with E-state index in [0.717, 1.165) is 47.2 Å². The van der Waals surface area contributed by atoms with Crippen LogP contribution >= 0.6 is 23.4 Å². The van der Waals surface area contributed by atoms with Crippen molar-refractivity contribution in [3.05, 3.63) is 71.5 Å². The third-order valence-corrected chi connectivity index (χ3v) is 12.1. The van der Waals surface area contributed by atoms with E-state index in [2.05, 4.69) is 32.7 Å². The first kappa shape index (κ1) is 41.6. The molecule has 2 aromatic heterocycles. The van der Waals surface area contributed by atoms with Gasteiger partial charge in [0.1, 0.15) is 34.6 Å². The summed E-state index contributed by atoms with van der Waals surface area (Å²) < 4.78 is 9.54. The van der Waals surface area contributed by atoms with E-state index in [1.165, 1.54) is 14.2 Å². The molecule has 57 heavy (non-hydrogen) atoms. The van der Waals surface area contributed by atoms with Gasteiger partial charge < -0.3 is 39.9 Å². The fourth-order valence-electron chi connectivity index (χ4n) is 7.58. The van der Waals surface area contributed by atoms with E-state index in [4.69, 9.17) is 31.0 Å². The van der Waals surface area contributed by atoms with Crippen LogP contribution in [0.2, 0.25) is 5.15 Å². The summed E-state index contributed by atoms with van der Waals surface area (Å²) in [5, 5.41) is 6.02. The molecule has 2 aliphatic heterocycles. The maximum atomic E-state index is 13.8. The quantitative estimate of drug-likeness (QED) is 0.115. The number of hydrogen-bond donors (Lipinski definition) is 4. The molecule has 14 nitrogen and oxygen atoms in total. The molecule has 0 radical (unpaired) electrons. The average Bonchev–Trinajstić information content (AvgIpc) is 4.04. The monoisotopic (exact) mass is 818 g/mol. The van der Waals surface area contributed by atoms with E-state index < -0.39 is 24.3 Å². The maximum absolute atomic E-state index is 13.8. The Morgan fingerprint density at radius 2 is 1.33 bits per heavy atom. The highest BCUT2D eigenvalue weighted by atomic mass is 35.5. The largest absolute Gasteiger partial charge is 0.453 e. The molecular formula is C41H51ClN8O6S. The second kappa shape index (κ2) is 18.1. The number of likely N-dealkylation sites (tertiary alicyclic amines) is 2. The molecule has 4 aromatic rings. The molecule has 4 heterocycles. The van der Waals surface area contributed by atoms with Crippen LogP contribution in [0.1, 0.15) is 70.7 Å². The zero-order valence-corrected chi connectivity index (χ0v) is 34.9. The van der Waals surface area contributed by atoms with E-state index in [1.807, 2.05) is 75.2 Å². The van der Waals surface area contributed by atoms with Crippen molar-refractivity contribution < 1.29 is 28.7 Å². The van der Waals surface area contributed by atoms with Gasteiger partial charge in [-0.05, 0) is 54.0 Å². The Hall–Kier alpha value is -5.02. The number of thioether (sulfide) groups is 1. The number of aromatic amines is 2. The summed E-state index contributed by atoms with van der Waals surface area (Å²) in [4.78, 5) is 71.2. The summed E-state index contributed by atoms with van der Waals surface area (Å²) in [7, 11) is 2.57. The number of imidazole rings is 2. The standard InChI is InChI=1S/C41H51ClN8O6S/c1-22(2)32(46-40(53)55-5)38(51)49-18-8-9-30(49)37-45-34(35(42)48-37)27-16-12-25(13-17-27)24-10-14-26(15-11-24)29-20-43-36(44-29)31-19-28(57-7)21-50(31)39(52)33(23(3)4)47-41(54)56-6/h10-17,20,22-23,28,30-33H,8-9,18-19,21H2,1-7H3,(H,43,44)(H,45,48)(H,46,53)(H,47,54). The van der Waals surface area contributed by atoms with Crippen molar-refractivity contribution in [2.75, 3.05) is 33.6 Å². The van der Waals surface area contributed by atoms with Gasteiger partial charge in [-0.15, -0.1) is 0 Å². The highest BCUT2D eigenvalue weighted by Gasteiger charge is 2.42. The van der Waals surface area contributed by atoms with E-state index in [0.29, 0.717) is 35.6 Å². The number of alkyl carbamates (subject to hydrolysis) is 2. The normalized spacial score (nSPS) is 19.2. The highest BCUT2D eigenvalue weighted by Crippen LogP contribution is 2.38. The number of halogens is 1. The Labute approximate surface area is 342 Å². The fourth-order valence-corrected chi connectivity index (χ4v) is 8.51. The Kier molecular flexibility index (Phi) is 13.2. The summed E-state index contributed by atoms with van der Waals surface area (Å²) >= 11 is 8.42. The lowest BCUT2D eigenvalue weighted by atomic mass is 10.0. The first-order chi connectivity index (χ1) is 27.3. The predicted octanol–water partition coefficient (Wildman–Crippen LogP) is 7.22. The highest BCUT2D eigenvalue weighted by molar-refractivity contribution is 7.99. The summed E-state index contributed by atoms with van der Waals surface area (Å²) in [5.74, 6) is 0.715. The van der Waals surface area contributed by atoms with E-state index >= 15 is 0 Å². The van der Waals surface area contributed by atoms with Crippen molar-refractivity contribution in [3.63, 3.8) is 0 Å². The molecule has 2 fully saturated rings. The van der Waals surface area contributed by atoms with Crippen LogP contribution in [0, 0.1) is 11.8 Å². The van der Waals surface area contributed by atoms with Crippen LogP contribution in [0.25, 0.3) is 33.6 Å². The van der Waals surface area contributed by atoms with Crippen LogP contribution in [0.4, 0.5) is 9.59 Å². The topological polar surface area (TPSA) is 175 Å². The van der Waals surface area contributed by atoms with Gasteiger partial charge >= 0.3 is 12.2 Å². The zero-order chi connectivity index (χ0) is 41.0. The number of aromatic nitrogens is 4. The molecule has 4 N–H and O–H groups in total. The minimum Gasteiger partial charge on any atom is -0.453 e. The number of ether oxygens (including phenoxy) is 2. The summed E-state index contributed by atoms with van der Waals surface area (Å²) in [6, 6.07) is 14.2. The number of H-pyrrole nitrogens is 2. The molecule has 6 rings (SSSR count). The van der Waals surface area contributed by atoms with Crippen LogP contribution in [0.5, 0.6) is 0 Å². The van der Waals surface area contributed by atoms with Gasteiger partial charge in [0.05, 0.1) is 38.2 Å². The van der Waals surface area contributed by atoms with Gasteiger partial charge in [0.15, 0.2) is 0 Å². The minimum atomic E-state index is -0.726. The molecule has 0 bridgehead atoms. The Morgan fingerprint density at radius 3 is 1.88 bits per heavy atom. The van der Waals surface area contributed by atoms with Gasteiger partial charge in [-0.3, -0.25) is 9.59 Å². The Balaban J connectivity index is 1.14. The zero-order valence-electron chi connectivity index (χ0n) is 33.3. The molecule has 304 valence electrons. The average molecular weight is 819 g/mol. The molecular weight excluding hydrogens is 768 g/mol. The SMILES string of the molecule is COC(=O)NC(C(=O)N1CC(SC)CC1c1ncc(-c2ccc(-c3ccc(-c4nc(C5CCCN5C(=O)C(NC(=O)OC)C(C)C)[nH]c4Cl)cc3)cc2)[nH]1)C(C)C. The number of nitrogens with zero attached hydrogens (tertiary/aromatic N) is 4. The number of carbonyl (C=O) groups is 4. The van der Waals surface area contributed by atoms with Gasteiger partial charge in [0.2, 0.25) is 11.8 Å². The molecule has 2 saturated heterocycles. The first-order valence-electron chi connectivity index (χ1n) is 19.2. The van der Waals surface area contributed by atoms with Gasteiger partial charge in [-0.1, -0.05) is 87.8 Å². The molecule has 0 saturated carbocycles. The molecule has 16 heteroatoms. The molecule has 2 aliphatic rings. The summed E-state index contributed by atoms with van der Waals surface area (Å²) in [6.07, 6.45) is 4.83. The lowest BCUT2D eigenvalue weighted by molar-refractivity contribution is -0.136. The second-order valence-corrected chi connectivity index (χ2v) is 16.6. The molecule has 0 aliphatic carbocycles. The van der Waals surface area contributed by atoms with Gasteiger partial charge in [0, 0.05) is 23.9 Å². The number of rotatable bonds is 12. The van der Waals surface area contributed by atoms with Crippen molar-refractivity contribution in [2.45, 2.75) is 76.4 Å². The van der Waals surface area contributed by atoms with Crippen molar-refractivity contribution in [1.82, 2.24) is 40.4 Å². The number of carbonyl (C=O) groups excluding carboxylic acids is 4. The molecule has 4 amide bonds.